The van der Waals surface area contributed by atoms with Crippen molar-refractivity contribution in [3.05, 3.63) is 37.1 Å². The normalized spacial score (nSPS) is 10.6. The number of pyridine rings is 1. The van der Waals surface area contributed by atoms with Crippen molar-refractivity contribution in [2.24, 2.45) is 7.05 Å². The number of aryl methyl sites for hydroxylation is 1. The minimum Gasteiger partial charge on any atom is -0.264 e. The number of aromatic nitrogens is 7. The van der Waals surface area contributed by atoms with Crippen molar-refractivity contribution in [3.8, 4) is 17.2 Å². The molecule has 0 N–H and O–H groups in total. The van der Waals surface area contributed by atoms with E-state index < -0.39 is 0 Å². The van der Waals surface area contributed by atoms with Crippen molar-refractivity contribution in [1.29, 1.82) is 0 Å². The van der Waals surface area contributed by atoms with Crippen molar-refractivity contribution in [2.45, 2.75) is 0 Å². The fourth-order valence-corrected chi connectivity index (χ4v) is 1.44. The highest BCUT2D eigenvalue weighted by Crippen LogP contribution is 2.14. The molecule has 3 heterocycles. The summed E-state index contributed by atoms with van der Waals surface area (Å²) in [5.74, 6) is 0.496. The standard InChI is InChI=1S/C10H9N7/c1-16-7-12-10(14-16)17-6-9(13-15-17)8-3-2-4-11-5-8/h2-7H,1H3. The fraction of sp³-hybridized carbons (Fsp3) is 0.100. The summed E-state index contributed by atoms with van der Waals surface area (Å²) in [5, 5.41) is 12.2. The van der Waals surface area contributed by atoms with Gasteiger partial charge in [-0.1, -0.05) is 5.21 Å². The molecular formula is C10H9N7. The van der Waals surface area contributed by atoms with E-state index in [4.69, 9.17) is 0 Å². The molecule has 0 amide bonds. The van der Waals surface area contributed by atoms with Crippen molar-refractivity contribution < 1.29 is 0 Å². The number of nitrogens with zero attached hydrogens (tertiary/aromatic N) is 7. The highest BCUT2D eigenvalue weighted by atomic mass is 15.5. The lowest BCUT2D eigenvalue weighted by Gasteiger charge is -1.92. The molecule has 0 atom stereocenters. The summed E-state index contributed by atoms with van der Waals surface area (Å²) in [4.78, 5) is 8.12. The molecule has 0 aromatic carbocycles. The second-order valence-electron chi connectivity index (χ2n) is 3.51. The maximum atomic E-state index is 4.14. The van der Waals surface area contributed by atoms with Gasteiger partial charge in [-0.15, -0.1) is 10.2 Å². The molecule has 3 rings (SSSR count). The maximum Gasteiger partial charge on any atom is 0.270 e. The molecule has 7 nitrogen and oxygen atoms in total. The molecule has 0 bridgehead atoms. The SMILES string of the molecule is Cn1cnc(-n2cc(-c3cccnc3)nn2)n1. The molecule has 0 unspecified atom stereocenters. The Morgan fingerprint density at radius 3 is 2.94 bits per heavy atom. The van der Waals surface area contributed by atoms with E-state index in [9.17, 15) is 0 Å². The number of hydrogen-bond acceptors (Lipinski definition) is 5. The van der Waals surface area contributed by atoms with Gasteiger partial charge in [-0.05, 0) is 12.1 Å². The zero-order valence-corrected chi connectivity index (χ0v) is 9.09. The molecule has 0 aliphatic heterocycles. The Kier molecular flexibility index (Phi) is 2.14. The lowest BCUT2D eigenvalue weighted by molar-refractivity contribution is 0.713. The first kappa shape index (κ1) is 9.64. The second-order valence-corrected chi connectivity index (χ2v) is 3.51. The lowest BCUT2D eigenvalue weighted by Crippen LogP contribution is -1.98. The van der Waals surface area contributed by atoms with Crippen molar-refractivity contribution in [2.75, 3.05) is 0 Å². The van der Waals surface area contributed by atoms with Crippen LogP contribution in [0.1, 0.15) is 0 Å². The molecule has 7 heteroatoms. The number of hydrogen-bond donors (Lipinski definition) is 0. The minimum atomic E-state index is 0.496. The molecule has 3 aromatic rings. The van der Waals surface area contributed by atoms with Gasteiger partial charge in [0.2, 0.25) is 0 Å². The first-order valence-corrected chi connectivity index (χ1v) is 5.02. The van der Waals surface area contributed by atoms with E-state index in [1.807, 2.05) is 12.1 Å². The molecular weight excluding hydrogens is 218 g/mol. The molecule has 0 fully saturated rings. The van der Waals surface area contributed by atoms with E-state index in [0.29, 0.717) is 5.95 Å². The summed E-state index contributed by atoms with van der Waals surface area (Å²) in [6.07, 6.45) is 6.83. The van der Waals surface area contributed by atoms with Gasteiger partial charge in [0.25, 0.3) is 5.95 Å². The van der Waals surface area contributed by atoms with Crippen LogP contribution in [0.5, 0.6) is 0 Å². The molecule has 84 valence electrons. The first-order valence-electron chi connectivity index (χ1n) is 5.02. The van der Waals surface area contributed by atoms with E-state index in [0.717, 1.165) is 11.3 Å². The Balaban J connectivity index is 1.99. The predicted octanol–water partition coefficient (Wildman–Crippen LogP) is 0.458. The van der Waals surface area contributed by atoms with Gasteiger partial charge in [0.1, 0.15) is 12.0 Å². The summed E-state index contributed by atoms with van der Waals surface area (Å²) in [6.45, 7) is 0. The van der Waals surface area contributed by atoms with Gasteiger partial charge < -0.3 is 0 Å². The van der Waals surface area contributed by atoms with Gasteiger partial charge >= 0.3 is 0 Å². The van der Waals surface area contributed by atoms with Gasteiger partial charge in [-0.2, -0.15) is 9.67 Å². The van der Waals surface area contributed by atoms with E-state index in [2.05, 4.69) is 25.4 Å². The summed E-state index contributed by atoms with van der Waals surface area (Å²) in [7, 11) is 1.80. The van der Waals surface area contributed by atoms with Crippen LogP contribution in [0, 0.1) is 0 Å². The van der Waals surface area contributed by atoms with Crippen molar-refractivity contribution in [3.63, 3.8) is 0 Å². The zero-order valence-electron chi connectivity index (χ0n) is 9.09. The molecule has 3 aromatic heterocycles. The quantitative estimate of drug-likeness (QED) is 0.635. The third-order valence-electron chi connectivity index (χ3n) is 2.24. The van der Waals surface area contributed by atoms with Crippen LogP contribution in [0.4, 0.5) is 0 Å². The topological polar surface area (TPSA) is 74.3 Å². The summed E-state index contributed by atoms with van der Waals surface area (Å²) in [6, 6.07) is 3.78. The largest absolute Gasteiger partial charge is 0.270 e. The Bertz CT molecular complexity index is 625. The van der Waals surface area contributed by atoms with E-state index in [-0.39, 0.29) is 0 Å². The van der Waals surface area contributed by atoms with Crippen LogP contribution in [-0.2, 0) is 7.05 Å². The predicted molar refractivity (Wildman–Crippen MR) is 59.2 cm³/mol. The first-order chi connectivity index (χ1) is 8.33. The second kappa shape index (κ2) is 3.78. The van der Waals surface area contributed by atoms with Gasteiger partial charge in [-0.25, -0.2) is 0 Å². The van der Waals surface area contributed by atoms with E-state index in [1.54, 1.807) is 36.6 Å². The van der Waals surface area contributed by atoms with Gasteiger partial charge in [0.15, 0.2) is 0 Å². The highest BCUT2D eigenvalue weighted by Gasteiger charge is 2.07. The minimum absolute atomic E-state index is 0.496. The summed E-state index contributed by atoms with van der Waals surface area (Å²) < 4.78 is 3.14. The number of rotatable bonds is 2. The van der Waals surface area contributed by atoms with Crippen molar-refractivity contribution in [1.82, 2.24) is 34.7 Å². The van der Waals surface area contributed by atoms with Crippen LogP contribution < -0.4 is 0 Å². The Hall–Kier alpha value is -2.57. The molecule has 0 aliphatic rings. The molecule has 0 aliphatic carbocycles. The van der Waals surface area contributed by atoms with Crippen LogP contribution in [-0.4, -0.2) is 34.7 Å². The molecule has 0 saturated heterocycles. The lowest BCUT2D eigenvalue weighted by atomic mass is 10.2. The average molecular weight is 227 g/mol. The van der Waals surface area contributed by atoms with Gasteiger partial charge in [0.05, 0.1) is 6.20 Å². The highest BCUT2D eigenvalue weighted by molar-refractivity contribution is 5.56. The Morgan fingerprint density at radius 1 is 1.29 bits per heavy atom. The zero-order chi connectivity index (χ0) is 11.7. The van der Waals surface area contributed by atoms with Crippen LogP contribution in [0.15, 0.2) is 37.1 Å². The third kappa shape index (κ3) is 1.78. The Labute approximate surface area is 96.8 Å². The molecule has 17 heavy (non-hydrogen) atoms. The van der Waals surface area contributed by atoms with Crippen LogP contribution in [0.2, 0.25) is 0 Å². The van der Waals surface area contributed by atoms with Crippen LogP contribution in [0.25, 0.3) is 17.2 Å². The molecule has 0 radical (unpaired) electrons. The average Bonchev–Trinajstić information content (AvgIpc) is 2.98. The third-order valence-corrected chi connectivity index (χ3v) is 2.24. The van der Waals surface area contributed by atoms with Crippen LogP contribution in [0.3, 0.4) is 0 Å². The smallest absolute Gasteiger partial charge is 0.264 e. The fourth-order valence-electron chi connectivity index (χ4n) is 1.44. The van der Waals surface area contributed by atoms with Crippen molar-refractivity contribution >= 4 is 0 Å². The molecule has 0 spiro atoms. The van der Waals surface area contributed by atoms with E-state index in [1.165, 1.54) is 4.68 Å². The maximum absolute atomic E-state index is 4.14. The Morgan fingerprint density at radius 2 is 2.24 bits per heavy atom. The van der Waals surface area contributed by atoms with Gasteiger partial charge in [0, 0.05) is 25.0 Å². The van der Waals surface area contributed by atoms with E-state index >= 15 is 0 Å². The molecule has 0 saturated carbocycles. The van der Waals surface area contributed by atoms with Crippen LogP contribution >= 0.6 is 0 Å². The summed E-state index contributed by atoms with van der Waals surface area (Å²) in [5.41, 5.74) is 1.65. The summed E-state index contributed by atoms with van der Waals surface area (Å²) >= 11 is 0. The van der Waals surface area contributed by atoms with Gasteiger partial charge in [-0.3, -0.25) is 9.67 Å². The monoisotopic (exact) mass is 227 g/mol.